The SMILES string of the molecule is CCSCCCNCCCN(CC)C(=O)OC(C)(C)C. The molecule has 20 heavy (non-hydrogen) atoms. The Hall–Kier alpha value is -0.420. The van der Waals surface area contributed by atoms with Crippen LogP contribution in [0.4, 0.5) is 4.79 Å². The van der Waals surface area contributed by atoms with E-state index in [4.69, 9.17) is 4.74 Å². The molecule has 0 fully saturated rings. The number of thioether (sulfide) groups is 1. The highest BCUT2D eigenvalue weighted by Crippen LogP contribution is 2.10. The number of ether oxygens (including phenoxy) is 1. The molecular formula is C15H32N2O2S. The van der Waals surface area contributed by atoms with Crippen molar-refractivity contribution in [2.75, 3.05) is 37.7 Å². The highest BCUT2D eigenvalue weighted by Gasteiger charge is 2.20. The number of carbonyl (C=O) groups is 1. The van der Waals surface area contributed by atoms with E-state index >= 15 is 0 Å². The second-order valence-electron chi connectivity index (χ2n) is 5.71. The molecule has 0 aromatic carbocycles. The summed E-state index contributed by atoms with van der Waals surface area (Å²) in [6.45, 7) is 13.3. The fourth-order valence-electron chi connectivity index (χ4n) is 1.67. The zero-order valence-electron chi connectivity index (χ0n) is 13.8. The van der Waals surface area contributed by atoms with Gasteiger partial charge < -0.3 is 15.0 Å². The molecule has 0 heterocycles. The summed E-state index contributed by atoms with van der Waals surface area (Å²) in [7, 11) is 0. The van der Waals surface area contributed by atoms with E-state index in [0.717, 1.165) is 26.1 Å². The van der Waals surface area contributed by atoms with Crippen molar-refractivity contribution in [3.63, 3.8) is 0 Å². The number of amides is 1. The summed E-state index contributed by atoms with van der Waals surface area (Å²) >= 11 is 1.98. The zero-order valence-corrected chi connectivity index (χ0v) is 14.6. The van der Waals surface area contributed by atoms with E-state index in [2.05, 4.69) is 12.2 Å². The van der Waals surface area contributed by atoms with Crippen LogP contribution in [-0.2, 0) is 4.74 Å². The molecule has 0 unspecified atom stereocenters. The third-order valence-electron chi connectivity index (χ3n) is 2.66. The van der Waals surface area contributed by atoms with Crippen LogP contribution >= 0.6 is 11.8 Å². The van der Waals surface area contributed by atoms with Gasteiger partial charge in [-0.25, -0.2) is 4.79 Å². The van der Waals surface area contributed by atoms with Gasteiger partial charge in [0.25, 0.3) is 0 Å². The van der Waals surface area contributed by atoms with Gasteiger partial charge in [0.2, 0.25) is 0 Å². The monoisotopic (exact) mass is 304 g/mol. The van der Waals surface area contributed by atoms with Crippen molar-refractivity contribution < 1.29 is 9.53 Å². The van der Waals surface area contributed by atoms with Crippen LogP contribution in [0.3, 0.4) is 0 Å². The van der Waals surface area contributed by atoms with Crippen molar-refractivity contribution in [1.82, 2.24) is 10.2 Å². The first kappa shape index (κ1) is 19.6. The second-order valence-corrected chi connectivity index (χ2v) is 7.11. The van der Waals surface area contributed by atoms with Crippen LogP contribution in [0.2, 0.25) is 0 Å². The number of carbonyl (C=O) groups excluding carboxylic acids is 1. The van der Waals surface area contributed by atoms with Gasteiger partial charge in [0.05, 0.1) is 0 Å². The van der Waals surface area contributed by atoms with Crippen molar-refractivity contribution in [3.05, 3.63) is 0 Å². The molecule has 4 nitrogen and oxygen atoms in total. The van der Waals surface area contributed by atoms with Gasteiger partial charge in [-0.15, -0.1) is 0 Å². The van der Waals surface area contributed by atoms with Crippen molar-refractivity contribution in [2.45, 2.75) is 53.1 Å². The summed E-state index contributed by atoms with van der Waals surface area (Å²) in [4.78, 5) is 13.7. The van der Waals surface area contributed by atoms with E-state index in [9.17, 15) is 4.79 Å². The lowest BCUT2D eigenvalue weighted by Gasteiger charge is -2.26. The lowest BCUT2D eigenvalue weighted by atomic mass is 10.2. The Balaban J connectivity index is 3.67. The third-order valence-corrected chi connectivity index (χ3v) is 3.65. The van der Waals surface area contributed by atoms with Gasteiger partial charge in [0.1, 0.15) is 5.60 Å². The molecule has 0 aromatic heterocycles. The van der Waals surface area contributed by atoms with Crippen LogP contribution in [0.15, 0.2) is 0 Å². The van der Waals surface area contributed by atoms with Crippen molar-refractivity contribution >= 4 is 17.9 Å². The molecule has 0 rings (SSSR count). The lowest BCUT2D eigenvalue weighted by Crippen LogP contribution is -2.38. The highest BCUT2D eigenvalue weighted by molar-refractivity contribution is 7.99. The van der Waals surface area contributed by atoms with Crippen LogP contribution < -0.4 is 5.32 Å². The first-order valence-corrected chi connectivity index (χ1v) is 8.82. The standard InChI is InChI=1S/C15H32N2O2S/c1-6-17(14(18)19-15(3,4)5)12-8-10-16-11-9-13-20-7-2/h16H,6-13H2,1-5H3. The zero-order chi connectivity index (χ0) is 15.4. The fraction of sp³-hybridized carbons (Fsp3) is 0.933. The lowest BCUT2D eigenvalue weighted by molar-refractivity contribution is 0.0258. The maximum absolute atomic E-state index is 11.9. The van der Waals surface area contributed by atoms with E-state index in [1.165, 1.54) is 17.9 Å². The summed E-state index contributed by atoms with van der Waals surface area (Å²) in [5.74, 6) is 2.42. The van der Waals surface area contributed by atoms with E-state index in [0.29, 0.717) is 6.54 Å². The van der Waals surface area contributed by atoms with Crippen molar-refractivity contribution in [2.24, 2.45) is 0 Å². The van der Waals surface area contributed by atoms with Crippen molar-refractivity contribution in [1.29, 1.82) is 0 Å². The fourth-order valence-corrected chi connectivity index (χ4v) is 2.31. The Kier molecular flexibility index (Phi) is 11.0. The van der Waals surface area contributed by atoms with E-state index < -0.39 is 5.60 Å². The molecule has 1 N–H and O–H groups in total. The van der Waals surface area contributed by atoms with Gasteiger partial charge in [-0.2, -0.15) is 11.8 Å². The molecule has 120 valence electrons. The topological polar surface area (TPSA) is 41.6 Å². The summed E-state index contributed by atoms with van der Waals surface area (Å²) in [5, 5.41) is 3.42. The van der Waals surface area contributed by atoms with E-state index in [1.54, 1.807) is 4.90 Å². The predicted molar refractivity (Wildman–Crippen MR) is 88.6 cm³/mol. The molecule has 0 aliphatic carbocycles. The number of rotatable bonds is 10. The maximum atomic E-state index is 11.9. The minimum Gasteiger partial charge on any atom is -0.444 e. The molecule has 0 aromatic rings. The average Bonchev–Trinajstić information content (AvgIpc) is 2.35. The predicted octanol–water partition coefficient (Wildman–Crippen LogP) is 3.37. The van der Waals surface area contributed by atoms with Gasteiger partial charge in [-0.3, -0.25) is 0 Å². The number of hydrogen-bond acceptors (Lipinski definition) is 4. The normalized spacial score (nSPS) is 11.4. The molecule has 0 aliphatic heterocycles. The Morgan fingerprint density at radius 2 is 1.85 bits per heavy atom. The van der Waals surface area contributed by atoms with Crippen LogP contribution in [0, 0.1) is 0 Å². The van der Waals surface area contributed by atoms with Gasteiger partial charge in [0.15, 0.2) is 0 Å². The Bertz CT molecular complexity index is 255. The summed E-state index contributed by atoms with van der Waals surface area (Å²) in [5.41, 5.74) is -0.417. The molecular weight excluding hydrogens is 272 g/mol. The van der Waals surface area contributed by atoms with Gasteiger partial charge in [-0.05, 0) is 65.1 Å². The summed E-state index contributed by atoms with van der Waals surface area (Å²) in [6, 6.07) is 0. The average molecular weight is 305 g/mol. The van der Waals surface area contributed by atoms with Crippen LogP contribution in [0.25, 0.3) is 0 Å². The number of nitrogens with zero attached hydrogens (tertiary/aromatic N) is 1. The highest BCUT2D eigenvalue weighted by atomic mass is 32.2. The Morgan fingerprint density at radius 3 is 2.40 bits per heavy atom. The molecule has 0 radical (unpaired) electrons. The maximum Gasteiger partial charge on any atom is 0.410 e. The molecule has 5 heteroatoms. The van der Waals surface area contributed by atoms with Gasteiger partial charge in [-0.1, -0.05) is 6.92 Å². The van der Waals surface area contributed by atoms with Crippen LogP contribution in [0.1, 0.15) is 47.5 Å². The third kappa shape index (κ3) is 11.4. The van der Waals surface area contributed by atoms with Gasteiger partial charge >= 0.3 is 6.09 Å². The van der Waals surface area contributed by atoms with Crippen molar-refractivity contribution in [3.8, 4) is 0 Å². The molecule has 0 atom stereocenters. The number of nitrogens with one attached hydrogen (secondary N) is 1. The van der Waals surface area contributed by atoms with Gasteiger partial charge in [0, 0.05) is 13.1 Å². The molecule has 0 saturated carbocycles. The Morgan fingerprint density at radius 1 is 1.20 bits per heavy atom. The Labute approximate surface area is 129 Å². The minimum absolute atomic E-state index is 0.209. The molecule has 0 spiro atoms. The smallest absolute Gasteiger partial charge is 0.410 e. The first-order valence-electron chi connectivity index (χ1n) is 7.67. The molecule has 0 saturated heterocycles. The summed E-state index contributed by atoms with van der Waals surface area (Å²) in [6.07, 6.45) is 1.97. The van der Waals surface area contributed by atoms with E-state index in [1.807, 2.05) is 39.5 Å². The van der Waals surface area contributed by atoms with E-state index in [-0.39, 0.29) is 6.09 Å². The van der Waals surface area contributed by atoms with Crippen LogP contribution in [0.5, 0.6) is 0 Å². The molecule has 0 bridgehead atoms. The molecule has 0 aliphatic rings. The number of hydrogen-bond donors (Lipinski definition) is 1. The quantitative estimate of drug-likeness (QED) is 0.628. The minimum atomic E-state index is -0.417. The molecule has 1 amide bonds. The second kappa shape index (κ2) is 11.3. The summed E-state index contributed by atoms with van der Waals surface area (Å²) < 4.78 is 5.38. The largest absolute Gasteiger partial charge is 0.444 e. The van der Waals surface area contributed by atoms with Crippen LogP contribution in [-0.4, -0.2) is 54.3 Å². The first-order chi connectivity index (χ1) is 9.40.